The van der Waals surface area contributed by atoms with Gasteiger partial charge in [-0.15, -0.1) is 10.2 Å². The molecule has 1 fully saturated rings. The zero-order valence-electron chi connectivity index (χ0n) is 16.5. The Kier molecular flexibility index (Phi) is 5.69. The van der Waals surface area contributed by atoms with Crippen LogP contribution in [0, 0.1) is 5.92 Å². The maximum absolute atomic E-state index is 12.5. The highest BCUT2D eigenvalue weighted by Crippen LogP contribution is 2.23. The standard InChI is InChI=1S/C21H25N7O/c1-27-19(9-12-23-27)24-18-7-8-20(26-25-18)28-13-10-17(11-14-28)21(29)22-15-16-5-3-2-4-6-16/h2-9,12,17H,10-11,13-15H2,1H3,(H,22,29)(H,24,25). The van der Waals surface area contributed by atoms with Gasteiger partial charge in [0, 0.05) is 38.7 Å². The lowest BCUT2D eigenvalue weighted by Crippen LogP contribution is -2.40. The van der Waals surface area contributed by atoms with Crippen molar-refractivity contribution in [3.05, 3.63) is 60.3 Å². The lowest BCUT2D eigenvalue weighted by molar-refractivity contribution is -0.125. The molecule has 0 radical (unpaired) electrons. The molecule has 2 N–H and O–H groups in total. The average molecular weight is 391 g/mol. The molecule has 1 saturated heterocycles. The third kappa shape index (κ3) is 4.71. The van der Waals surface area contributed by atoms with E-state index in [9.17, 15) is 4.79 Å². The quantitative estimate of drug-likeness (QED) is 0.671. The second-order valence-electron chi connectivity index (χ2n) is 7.21. The number of hydrogen-bond acceptors (Lipinski definition) is 6. The van der Waals surface area contributed by atoms with Crippen molar-refractivity contribution in [2.45, 2.75) is 19.4 Å². The van der Waals surface area contributed by atoms with Gasteiger partial charge in [0.25, 0.3) is 0 Å². The third-order valence-corrected chi connectivity index (χ3v) is 5.23. The first-order valence-corrected chi connectivity index (χ1v) is 9.84. The van der Waals surface area contributed by atoms with Crippen LogP contribution in [0.3, 0.4) is 0 Å². The van der Waals surface area contributed by atoms with Gasteiger partial charge in [0.05, 0.1) is 6.20 Å². The number of carbonyl (C=O) groups is 1. The zero-order valence-corrected chi connectivity index (χ0v) is 16.5. The molecule has 0 bridgehead atoms. The van der Waals surface area contributed by atoms with Crippen molar-refractivity contribution in [2.75, 3.05) is 23.3 Å². The molecule has 1 aromatic carbocycles. The maximum Gasteiger partial charge on any atom is 0.223 e. The number of rotatable bonds is 6. The summed E-state index contributed by atoms with van der Waals surface area (Å²) in [6.07, 6.45) is 3.36. The first-order chi connectivity index (χ1) is 14.2. The molecule has 0 atom stereocenters. The Bertz CT molecular complexity index is 931. The van der Waals surface area contributed by atoms with E-state index >= 15 is 0 Å². The van der Waals surface area contributed by atoms with Crippen LogP contribution in [0.1, 0.15) is 18.4 Å². The highest BCUT2D eigenvalue weighted by atomic mass is 16.1. The molecule has 1 aliphatic heterocycles. The molecule has 3 aromatic rings. The molecule has 4 rings (SSSR count). The predicted octanol–water partition coefficient (Wildman–Crippen LogP) is 2.49. The van der Waals surface area contributed by atoms with Crippen LogP contribution in [0.4, 0.5) is 17.5 Å². The van der Waals surface area contributed by atoms with Crippen LogP contribution in [0.15, 0.2) is 54.7 Å². The molecule has 0 aliphatic carbocycles. The van der Waals surface area contributed by atoms with E-state index in [-0.39, 0.29) is 11.8 Å². The van der Waals surface area contributed by atoms with Crippen molar-refractivity contribution >= 4 is 23.4 Å². The van der Waals surface area contributed by atoms with Gasteiger partial charge in [0.2, 0.25) is 5.91 Å². The monoisotopic (exact) mass is 391 g/mol. The molecule has 1 amide bonds. The molecular weight excluding hydrogens is 366 g/mol. The second kappa shape index (κ2) is 8.72. The Morgan fingerprint density at radius 1 is 1.07 bits per heavy atom. The Balaban J connectivity index is 1.27. The van der Waals surface area contributed by atoms with E-state index in [4.69, 9.17) is 0 Å². The number of amides is 1. The van der Waals surface area contributed by atoms with E-state index in [0.29, 0.717) is 12.4 Å². The maximum atomic E-state index is 12.5. The van der Waals surface area contributed by atoms with Crippen molar-refractivity contribution in [3.8, 4) is 0 Å². The van der Waals surface area contributed by atoms with Gasteiger partial charge in [-0.1, -0.05) is 30.3 Å². The van der Waals surface area contributed by atoms with Gasteiger partial charge < -0.3 is 15.5 Å². The predicted molar refractivity (Wildman–Crippen MR) is 112 cm³/mol. The van der Waals surface area contributed by atoms with Crippen molar-refractivity contribution in [3.63, 3.8) is 0 Å². The summed E-state index contributed by atoms with van der Waals surface area (Å²) in [5.74, 6) is 2.55. The Morgan fingerprint density at radius 3 is 2.52 bits per heavy atom. The number of piperidine rings is 1. The van der Waals surface area contributed by atoms with E-state index in [1.807, 2.05) is 55.6 Å². The van der Waals surface area contributed by atoms with Crippen LogP contribution in [-0.2, 0) is 18.4 Å². The number of carbonyl (C=O) groups excluding carboxylic acids is 1. The zero-order chi connectivity index (χ0) is 20.1. The average Bonchev–Trinajstić information content (AvgIpc) is 3.18. The van der Waals surface area contributed by atoms with Crippen molar-refractivity contribution < 1.29 is 4.79 Å². The molecule has 3 heterocycles. The van der Waals surface area contributed by atoms with Crippen molar-refractivity contribution in [1.82, 2.24) is 25.3 Å². The summed E-state index contributed by atoms with van der Waals surface area (Å²) in [6.45, 7) is 2.18. The van der Waals surface area contributed by atoms with E-state index in [1.165, 1.54) is 0 Å². The SMILES string of the molecule is Cn1nccc1Nc1ccc(N2CCC(C(=O)NCc3ccccc3)CC2)nn1. The van der Waals surface area contributed by atoms with Crippen molar-refractivity contribution in [1.29, 1.82) is 0 Å². The Labute approximate surface area is 169 Å². The molecule has 1 aliphatic rings. The van der Waals surface area contributed by atoms with Gasteiger partial charge in [-0.25, -0.2) is 0 Å². The largest absolute Gasteiger partial charge is 0.355 e. The highest BCUT2D eigenvalue weighted by molar-refractivity contribution is 5.79. The Morgan fingerprint density at radius 2 is 1.86 bits per heavy atom. The van der Waals surface area contributed by atoms with Crippen LogP contribution in [-0.4, -0.2) is 39.0 Å². The van der Waals surface area contributed by atoms with E-state index in [1.54, 1.807) is 10.9 Å². The van der Waals surface area contributed by atoms with E-state index in [2.05, 4.69) is 30.8 Å². The number of hydrogen-bond donors (Lipinski definition) is 2. The third-order valence-electron chi connectivity index (χ3n) is 5.23. The summed E-state index contributed by atoms with van der Waals surface area (Å²) >= 11 is 0. The minimum absolute atomic E-state index is 0.0497. The van der Waals surface area contributed by atoms with Crippen LogP contribution in [0.25, 0.3) is 0 Å². The van der Waals surface area contributed by atoms with Crippen LogP contribution < -0.4 is 15.5 Å². The van der Waals surface area contributed by atoms with Gasteiger partial charge in [-0.3, -0.25) is 9.48 Å². The Hall–Kier alpha value is -3.42. The fourth-order valence-electron chi connectivity index (χ4n) is 3.49. The van der Waals surface area contributed by atoms with Gasteiger partial charge in [-0.05, 0) is 30.5 Å². The summed E-state index contributed by atoms with van der Waals surface area (Å²) in [6, 6.07) is 15.7. The summed E-state index contributed by atoms with van der Waals surface area (Å²) in [4.78, 5) is 14.6. The fourth-order valence-corrected chi connectivity index (χ4v) is 3.49. The van der Waals surface area contributed by atoms with Gasteiger partial charge in [0.1, 0.15) is 5.82 Å². The summed E-state index contributed by atoms with van der Waals surface area (Å²) in [7, 11) is 1.87. The highest BCUT2D eigenvalue weighted by Gasteiger charge is 2.25. The van der Waals surface area contributed by atoms with Gasteiger partial charge >= 0.3 is 0 Å². The van der Waals surface area contributed by atoms with Crippen LogP contribution in [0.5, 0.6) is 0 Å². The molecule has 150 valence electrons. The molecule has 0 unspecified atom stereocenters. The summed E-state index contributed by atoms with van der Waals surface area (Å²) in [5.41, 5.74) is 1.12. The topological polar surface area (TPSA) is 88.0 Å². The normalized spacial score (nSPS) is 14.6. The number of nitrogens with one attached hydrogen (secondary N) is 2. The van der Waals surface area contributed by atoms with E-state index < -0.39 is 0 Å². The molecule has 29 heavy (non-hydrogen) atoms. The smallest absolute Gasteiger partial charge is 0.223 e. The van der Waals surface area contributed by atoms with Crippen LogP contribution >= 0.6 is 0 Å². The molecule has 0 spiro atoms. The number of aromatic nitrogens is 4. The summed E-state index contributed by atoms with van der Waals surface area (Å²) in [5, 5.41) is 19.0. The first kappa shape index (κ1) is 18.9. The number of aryl methyl sites for hydroxylation is 1. The van der Waals surface area contributed by atoms with Gasteiger partial charge in [0.15, 0.2) is 11.6 Å². The number of nitrogens with zero attached hydrogens (tertiary/aromatic N) is 5. The van der Waals surface area contributed by atoms with E-state index in [0.717, 1.165) is 43.1 Å². The van der Waals surface area contributed by atoms with Gasteiger partial charge in [-0.2, -0.15) is 5.10 Å². The number of anilines is 3. The number of benzene rings is 1. The summed E-state index contributed by atoms with van der Waals surface area (Å²) < 4.78 is 1.74. The van der Waals surface area contributed by atoms with Crippen molar-refractivity contribution in [2.24, 2.45) is 13.0 Å². The second-order valence-corrected chi connectivity index (χ2v) is 7.21. The minimum atomic E-state index is 0.0497. The lowest BCUT2D eigenvalue weighted by atomic mass is 9.96. The molecule has 8 nitrogen and oxygen atoms in total. The minimum Gasteiger partial charge on any atom is -0.355 e. The molecule has 0 saturated carbocycles. The molecule has 2 aromatic heterocycles. The molecule has 8 heteroatoms. The molecular formula is C21H25N7O. The van der Waals surface area contributed by atoms with Crippen LogP contribution in [0.2, 0.25) is 0 Å². The lowest BCUT2D eigenvalue weighted by Gasteiger charge is -2.31. The fraction of sp³-hybridized carbons (Fsp3) is 0.333. The first-order valence-electron chi connectivity index (χ1n) is 9.84.